The molecule has 3 N–H and O–H groups in total. The Morgan fingerprint density at radius 3 is 2.87 bits per heavy atom. The van der Waals surface area contributed by atoms with Gasteiger partial charge in [-0.25, -0.2) is 4.63 Å². The van der Waals surface area contributed by atoms with E-state index in [0.29, 0.717) is 0 Å². The number of aromatic nitrogens is 2. The summed E-state index contributed by atoms with van der Waals surface area (Å²) >= 11 is 0. The maximum Gasteiger partial charge on any atom is 0.277 e. The van der Waals surface area contributed by atoms with Crippen molar-refractivity contribution in [1.82, 2.24) is 15.6 Å². The van der Waals surface area contributed by atoms with Crippen molar-refractivity contribution >= 4 is 11.7 Å². The Bertz CT molecular complexity index is 324. The molecule has 84 valence electrons. The van der Waals surface area contributed by atoms with Crippen LogP contribution in [0.15, 0.2) is 4.63 Å². The summed E-state index contributed by atoms with van der Waals surface area (Å²) in [7, 11) is 0. The number of unbranched alkanes of at least 4 members (excludes halogenated alkanes) is 1. The van der Waals surface area contributed by atoms with E-state index in [2.05, 4.69) is 27.2 Å². The Hall–Kier alpha value is -1.59. The fourth-order valence-corrected chi connectivity index (χ4v) is 1.23. The molecule has 1 aromatic heterocycles. The number of nitrogen functional groups attached to an aromatic ring is 1. The van der Waals surface area contributed by atoms with Crippen LogP contribution in [0.1, 0.15) is 43.6 Å². The first kappa shape index (κ1) is 11.5. The van der Waals surface area contributed by atoms with Gasteiger partial charge < -0.3 is 11.1 Å². The van der Waals surface area contributed by atoms with Crippen LogP contribution in [0.5, 0.6) is 0 Å². The van der Waals surface area contributed by atoms with E-state index in [1.807, 2.05) is 6.92 Å². The lowest BCUT2D eigenvalue weighted by Gasteiger charge is -2.11. The molecular formula is C9H16N4O2. The van der Waals surface area contributed by atoms with E-state index < -0.39 is 0 Å². The second-order valence-electron chi connectivity index (χ2n) is 3.51. The largest absolute Gasteiger partial charge is 0.379 e. The molecule has 0 spiro atoms. The van der Waals surface area contributed by atoms with Crippen LogP contribution in [0.3, 0.4) is 0 Å². The van der Waals surface area contributed by atoms with Gasteiger partial charge in [-0.3, -0.25) is 4.79 Å². The van der Waals surface area contributed by atoms with Gasteiger partial charge in [0.15, 0.2) is 0 Å². The van der Waals surface area contributed by atoms with Gasteiger partial charge in [-0.2, -0.15) is 0 Å². The highest BCUT2D eigenvalue weighted by Crippen LogP contribution is 2.05. The van der Waals surface area contributed by atoms with Gasteiger partial charge in [0.05, 0.1) is 0 Å². The summed E-state index contributed by atoms with van der Waals surface area (Å²) in [4.78, 5) is 11.5. The van der Waals surface area contributed by atoms with E-state index in [1.54, 1.807) is 0 Å². The number of hydrogen-bond acceptors (Lipinski definition) is 5. The topological polar surface area (TPSA) is 94.0 Å². The molecule has 0 saturated heterocycles. The minimum Gasteiger partial charge on any atom is -0.379 e. The first-order chi connectivity index (χ1) is 7.15. The molecule has 0 radical (unpaired) electrons. The highest BCUT2D eigenvalue weighted by molar-refractivity contribution is 5.96. The minimum atomic E-state index is -0.336. The van der Waals surface area contributed by atoms with Crippen molar-refractivity contribution in [1.29, 1.82) is 0 Å². The summed E-state index contributed by atoms with van der Waals surface area (Å²) in [6.07, 6.45) is 3.12. The van der Waals surface area contributed by atoms with Gasteiger partial charge in [-0.05, 0) is 23.7 Å². The Balaban J connectivity index is 2.46. The zero-order valence-electron chi connectivity index (χ0n) is 8.99. The van der Waals surface area contributed by atoms with Crippen LogP contribution >= 0.6 is 0 Å². The van der Waals surface area contributed by atoms with Crippen LogP contribution in [-0.2, 0) is 0 Å². The number of amides is 1. The van der Waals surface area contributed by atoms with E-state index in [0.717, 1.165) is 19.3 Å². The Morgan fingerprint density at radius 1 is 1.60 bits per heavy atom. The predicted octanol–water partition coefficient (Wildman–Crippen LogP) is 0.960. The Kier molecular flexibility index (Phi) is 4.08. The third-order valence-corrected chi connectivity index (χ3v) is 2.10. The van der Waals surface area contributed by atoms with Crippen molar-refractivity contribution in [3.63, 3.8) is 0 Å². The van der Waals surface area contributed by atoms with Gasteiger partial charge in [-0.15, -0.1) is 0 Å². The van der Waals surface area contributed by atoms with Crippen molar-refractivity contribution < 1.29 is 9.42 Å². The predicted molar refractivity (Wildman–Crippen MR) is 55.2 cm³/mol. The van der Waals surface area contributed by atoms with E-state index in [4.69, 9.17) is 5.73 Å². The summed E-state index contributed by atoms with van der Waals surface area (Å²) in [5.74, 6) is -0.312. The van der Waals surface area contributed by atoms with Gasteiger partial charge in [0, 0.05) is 6.04 Å². The van der Waals surface area contributed by atoms with Crippen molar-refractivity contribution in [2.45, 2.75) is 39.2 Å². The molecule has 1 atom stereocenters. The molecule has 0 bridgehead atoms. The van der Waals surface area contributed by atoms with Crippen LogP contribution in [0, 0.1) is 0 Å². The third-order valence-electron chi connectivity index (χ3n) is 2.10. The smallest absolute Gasteiger partial charge is 0.277 e. The molecule has 6 nitrogen and oxygen atoms in total. The van der Waals surface area contributed by atoms with Gasteiger partial charge in [0.25, 0.3) is 5.91 Å². The van der Waals surface area contributed by atoms with Crippen LogP contribution in [-0.4, -0.2) is 22.3 Å². The highest BCUT2D eigenvalue weighted by atomic mass is 16.6. The lowest BCUT2D eigenvalue weighted by Crippen LogP contribution is -2.33. The van der Waals surface area contributed by atoms with Crippen LogP contribution in [0.4, 0.5) is 5.82 Å². The SMILES string of the molecule is CCCCC(C)NC(=O)c1nonc1N. The molecular weight excluding hydrogens is 196 g/mol. The second-order valence-corrected chi connectivity index (χ2v) is 3.51. The number of carbonyl (C=O) groups excluding carboxylic acids is 1. The number of nitrogens with zero attached hydrogens (tertiary/aromatic N) is 2. The number of anilines is 1. The Morgan fingerprint density at radius 2 is 2.33 bits per heavy atom. The van der Waals surface area contributed by atoms with E-state index in [-0.39, 0.29) is 23.5 Å². The minimum absolute atomic E-state index is 0.0233. The normalized spacial score (nSPS) is 12.4. The molecule has 1 aromatic rings. The zero-order chi connectivity index (χ0) is 11.3. The molecule has 6 heteroatoms. The quantitative estimate of drug-likeness (QED) is 0.758. The van der Waals surface area contributed by atoms with Crippen LogP contribution < -0.4 is 11.1 Å². The number of nitrogens with one attached hydrogen (secondary N) is 1. The summed E-state index contributed by atoms with van der Waals surface area (Å²) in [5.41, 5.74) is 5.44. The molecule has 15 heavy (non-hydrogen) atoms. The van der Waals surface area contributed by atoms with E-state index in [9.17, 15) is 4.79 Å². The fraction of sp³-hybridized carbons (Fsp3) is 0.667. The third kappa shape index (κ3) is 3.23. The molecule has 0 aromatic carbocycles. The van der Waals surface area contributed by atoms with E-state index >= 15 is 0 Å². The lowest BCUT2D eigenvalue weighted by atomic mass is 10.1. The summed E-state index contributed by atoms with van der Waals surface area (Å²) < 4.78 is 4.34. The summed E-state index contributed by atoms with van der Waals surface area (Å²) in [6, 6.07) is 0.105. The van der Waals surface area contributed by atoms with Crippen molar-refractivity contribution in [2.75, 3.05) is 5.73 Å². The molecule has 0 aliphatic rings. The zero-order valence-corrected chi connectivity index (χ0v) is 8.99. The first-order valence-corrected chi connectivity index (χ1v) is 5.04. The average Bonchev–Trinajstić information content (AvgIpc) is 2.61. The molecule has 0 aliphatic carbocycles. The fourth-order valence-electron chi connectivity index (χ4n) is 1.23. The monoisotopic (exact) mass is 212 g/mol. The number of carbonyl (C=O) groups is 1. The van der Waals surface area contributed by atoms with Crippen LogP contribution in [0.25, 0.3) is 0 Å². The number of rotatable bonds is 5. The molecule has 0 saturated carbocycles. The molecule has 1 heterocycles. The number of nitrogens with two attached hydrogens (primary N) is 1. The summed E-state index contributed by atoms with van der Waals surface area (Å²) in [6.45, 7) is 4.05. The number of hydrogen-bond donors (Lipinski definition) is 2. The molecule has 0 fully saturated rings. The maximum absolute atomic E-state index is 11.5. The van der Waals surface area contributed by atoms with Gasteiger partial charge in [0.1, 0.15) is 0 Å². The second kappa shape index (κ2) is 5.33. The van der Waals surface area contributed by atoms with Crippen molar-refractivity contribution in [3.05, 3.63) is 5.69 Å². The average molecular weight is 212 g/mol. The van der Waals surface area contributed by atoms with Gasteiger partial charge in [0.2, 0.25) is 11.5 Å². The van der Waals surface area contributed by atoms with Gasteiger partial charge >= 0.3 is 0 Å². The van der Waals surface area contributed by atoms with Crippen molar-refractivity contribution in [2.24, 2.45) is 0 Å². The molecule has 1 unspecified atom stereocenters. The standard InChI is InChI=1S/C9H16N4O2/c1-3-4-5-6(2)11-9(14)7-8(10)13-15-12-7/h6H,3-5H2,1-2H3,(H2,10,13)(H,11,14). The van der Waals surface area contributed by atoms with E-state index in [1.165, 1.54) is 0 Å². The maximum atomic E-state index is 11.5. The van der Waals surface area contributed by atoms with Gasteiger partial charge in [-0.1, -0.05) is 19.8 Å². The molecule has 1 amide bonds. The van der Waals surface area contributed by atoms with Crippen molar-refractivity contribution in [3.8, 4) is 0 Å². The summed E-state index contributed by atoms with van der Waals surface area (Å²) in [5, 5.41) is 9.54. The molecule has 1 rings (SSSR count). The highest BCUT2D eigenvalue weighted by Gasteiger charge is 2.17. The van der Waals surface area contributed by atoms with Crippen LogP contribution in [0.2, 0.25) is 0 Å². The Labute approximate surface area is 88.2 Å². The lowest BCUT2D eigenvalue weighted by molar-refractivity contribution is 0.0928. The molecule has 0 aliphatic heterocycles. The first-order valence-electron chi connectivity index (χ1n) is 5.04.